The first kappa shape index (κ1) is 18.4. The van der Waals surface area contributed by atoms with Gasteiger partial charge in [0.1, 0.15) is 0 Å². The number of rotatable bonds is 3. The molecule has 23 heavy (non-hydrogen) atoms. The van der Waals surface area contributed by atoms with Crippen LogP contribution in [0.4, 0.5) is 13.2 Å². The minimum Gasteiger partial charge on any atom is -0.400 e. The smallest absolute Gasteiger partial charge is 0.400 e. The van der Waals surface area contributed by atoms with Crippen LogP contribution in [0.3, 0.4) is 0 Å². The summed E-state index contributed by atoms with van der Waals surface area (Å²) in [7, 11) is -0.737. The van der Waals surface area contributed by atoms with Crippen molar-refractivity contribution in [2.24, 2.45) is 0 Å². The molecule has 1 saturated heterocycles. The zero-order valence-corrected chi connectivity index (χ0v) is 14.3. The Balaban J connectivity index is 2.39. The summed E-state index contributed by atoms with van der Waals surface area (Å²) in [5, 5.41) is 0. The van der Waals surface area contributed by atoms with E-state index in [1.807, 2.05) is 27.7 Å². The highest BCUT2D eigenvalue weighted by molar-refractivity contribution is 7.80. The fourth-order valence-electron chi connectivity index (χ4n) is 2.16. The molecule has 2 heterocycles. The van der Waals surface area contributed by atoms with Crippen molar-refractivity contribution >= 4 is 25.8 Å². The number of pyridine rings is 1. The average Bonchev–Trinajstić information content (AvgIpc) is 2.64. The number of halogens is 3. The summed E-state index contributed by atoms with van der Waals surface area (Å²) >= 11 is 4.21. The predicted molar refractivity (Wildman–Crippen MR) is 87.2 cm³/mol. The minimum absolute atomic E-state index is 0.0289. The van der Waals surface area contributed by atoms with Gasteiger partial charge >= 0.3 is 13.3 Å². The van der Waals surface area contributed by atoms with Gasteiger partial charge in [-0.2, -0.15) is 25.8 Å². The Morgan fingerprint density at radius 1 is 1.26 bits per heavy atom. The van der Waals surface area contributed by atoms with Crippen LogP contribution in [0.2, 0.25) is 0 Å². The van der Waals surface area contributed by atoms with Gasteiger partial charge in [-0.3, -0.25) is 4.98 Å². The molecule has 8 heteroatoms. The molecule has 0 atom stereocenters. The highest BCUT2D eigenvalue weighted by Crippen LogP contribution is 2.39. The summed E-state index contributed by atoms with van der Waals surface area (Å²) in [6.45, 7) is 7.53. The van der Waals surface area contributed by atoms with Gasteiger partial charge in [-0.15, -0.1) is 0 Å². The second-order valence-corrected chi connectivity index (χ2v) is 6.74. The van der Waals surface area contributed by atoms with Crippen LogP contribution in [0.15, 0.2) is 23.9 Å². The van der Waals surface area contributed by atoms with Crippen LogP contribution in [0.25, 0.3) is 6.08 Å². The van der Waals surface area contributed by atoms with Crippen molar-refractivity contribution in [3.63, 3.8) is 0 Å². The van der Waals surface area contributed by atoms with Crippen molar-refractivity contribution in [2.75, 3.05) is 5.75 Å². The number of aromatic nitrogens is 1. The first-order valence-electron chi connectivity index (χ1n) is 7.16. The van der Waals surface area contributed by atoms with Gasteiger partial charge < -0.3 is 9.31 Å². The average molecular weight is 345 g/mol. The first-order chi connectivity index (χ1) is 10.5. The lowest BCUT2D eigenvalue weighted by Crippen LogP contribution is -2.41. The molecule has 0 bridgehead atoms. The van der Waals surface area contributed by atoms with Crippen LogP contribution >= 0.6 is 12.6 Å². The molecule has 1 aromatic rings. The number of alkyl halides is 3. The van der Waals surface area contributed by atoms with Crippen LogP contribution in [0.5, 0.6) is 0 Å². The Hall–Kier alpha value is -0.985. The molecule has 0 aromatic carbocycles. The molecule has 1 aliphatic heterocycles. The van der Waals surface area contributed by atoms with Crippen LogP contribution in [0.1, 0.15) is 38.8 Å². The molecular formula is C15H19BF3NO2S. The van der Waals surface area contributed by atoms with E-state index in [9.17, 15) is 13.2 Å². The largest absolute Gasteiger partial charge is 0.491 e. The maximum atomic E-state index is 13.1. The SMILES string of the molecule is CC1(C)OB(C(=Cc2cnccc2C(F)(F)F)CS)OC1(C)C. The van der Waals surface area contributed by atoms with Gasteiger partial charge in [0.05, 0.1) is 16.8 Å². The first-order valence-corrected chi connectivity index (χ1v) is 7.79. The van der Waals surface area contributed by atoms with E-state index in [4.69, 9.17) is 9.31 Å². The van der Waals surface area contributed by atoms with Gasteiger partial charge in [0.25, 0.3) is 0 Å². The van der Waals surface area contributed by atoms with Crippen molar-refractivity contribution in [2.45, 2.75) is 45.1 Å². The second kappa shape index (κ2) is 6.14. The lowest BCUT2D eigenvalue weighted by Gasteiger charge is -2.32. The fraction of sp³-hybridized carbons (Fsp3) is 0.533. The zero-order valence-electron chi connectivity index (χ0n) is 13.4. The number of hydrogen-bond donors (Lipinski definition) is 1. The molecule has 126 valence electrons. The Morgan fingerprint density at radius 3 is 2.30 bits per heavy atom. The van der Waals surface area contributed by atoms with Gasteiger partial charge in [-0.1, -0.05) is 6.08 Å². The summed E-state index contributed by atoms with van der Waals surface area (Å²) in [5.41, 5.74) is -1.39. The Labute approximate surface area is 139 Å². The highest BCUT2D eigenvalue weighted by Gasteiger charge is 2.52. The topological polar surface area (TPSA) is 31.4 Å². The third-order valence-corrected chi connectivity index (χ3v) is 4.60. The van der Waals surface area contributed by atoms with E-state index in [0.29, 0.717) is 5.47 Å². The lowest BCUT2D eigenvalue weighted by molar-refractivity contribution is -0.137. The van der Waals surface area contributed by atoms with Crippen LogP contribution in [0, 0.1) is 0 Å². The normalized spacial score (nSPS) is 20.9. The zero-order chi connectivity index (χ0) is 17.5. The Bertz CT molecular complexity index is 601. The second-order valence-electron chi connectivity index (χ2n) is 6.43. The van der Waals surface area contributed by atoms with Gasteiger partial charge in [0.2, 0.25) is 0 Å². The maximum Gasteiger partial charge on any atom is 0.491 e. The lowest BCUT2D eigenvalue weighted by atomic mass is 9.78. The van der Waals surface area contributed by atoms with Gasteiger partial charge in [-0.05, 0) is 39.2 Å². The molecule has 0 radical (unpaired) electrons. The molecule has 3 nitrogen and oxygen atoms in total. The minimum atomic E-state index is -4.45. The van der Waals surface area contributed by atoms with Crippen LogP contribution < -0.4 is 0 Å². The van der Waals surface area contributed by atoms with E-state index in [2.05, 4.69) is 17.6 Å². The monoisotopic (exact) mass is 345 g/mol. The molecular weight excluding hydrogens is 326 g/mol. The van der Waals surface area contributed by atoms with E-state index < -0.39 is 30.1 Å². The Kier molecular flexibility index (Phi) is 4.90. The van der Waals surface area contributed by atoms with E-state index in [1.165, 1.54) is 12.3 Å². The molecule has 0 N–H and O–H groups in total. The molecule has 1 aliphatic rings. The van der Waals surface area contributed by atoms with Crippen LogP contribution in [-0.2, 0) is 15.5 Å². The standard InChI is InChI=1S/C15H19BF3NO2S/c1-13(2)14(3,4)22-16(21-13)11(9-23)7-10-8-20-6-5-12(10)15(17,18)19/h5-8,23H,9H2,1-4H3. The van der Waals surface area contributed by atoms with Gasteiger partial charge in [0, 0.05) is 23.7 Å². The predicted octanol–water partition coefficient (Wildman–Crippen LogP) is 4.05. The maximum absolute atomic E-state index is 13.1. The number of thiol groups is 1. The van der Waals surface area contributed by atoms with Crippen molar-refractivity contribution in [3.8, 4) is 0 Å². The van der Waals surface area contributed by atoms with Crippen molar-refractivity contribution in [1.82, 2.24) is 4.98 Å². The Morgan fingerprint density at radius 2 is 1.83 bits per heavy atom. The summed E-state index contributed by atoms with van der Waals surface area (Å²) < 4.78 is 51.0. The van der Waals surface area contributed by atoms with E-state index in [0.717, 1.165) is 12.3 Å². The number of hydrogen-bond acceptors (Lipinski definition) is 4. The molecule has 0 spiro atoms. The molecule has 0 amide bonds. The third kappa shape index (κ3) is 3.75. The fourth-order valence-corrected chi connectivity index (χ4v) is 2.40. The number of nitrogens with zero attached hydrogens (tertiary/aromatic N) is 1. The summed E-state index contributed by atoms with van der Waals surface area (Å²) in [6, 6.07) is 0.951. The highest BCUT2D eigenvalue weighted by atomic mass is 32.1. The van der Waals surface area contributed by atoms with Gasteiger partial charge in [-0.25, -0.2) is 0 Å². The van der Waals surface area contributed by atoms with Crippen molar-refractivity contribution < 1.29 is 22.5 Å². The van der Waals surface area contributed by atoms with E-state index >= 15 is 0 Å². The molecule has 1 fully saturated rings. The van der Waals surface area contributed by atoms with E-state index in [-0.39, 0.29) is 11.3 Å². The molecule has 0 saturated carbocycles. The summed E-state index contributed by atoms with van der Waals surface area (Å²) in [5.74, 6) is 0.211. The molecule has 0 unspecified atom stereocenters. The third-order valence-electron chi connectivity index (χ3n) is 4.24. The summed E-state index contributed by atoms with van der Waals surface area (Å²) in [4.78, 5) is 3.78. The van der Waals surface area contributed by atoms with Crippen molar-refractivity contribution in [3.05, 3.63) is 35.1 Å². The van der Waals surface area contributed by atoms with Crippen LogP contribution in [-0.4, -0.2) is 29.1 Å². The quantitative estimate of drug-likeness (QED) is 0.663. The molecule has 2 rings (SSSR count). The van der Waals surface area contributed by atoms with E-state index in [1.54, 1.807) is 0 Å². The molecule has 0 aliphatic carbocycles. The summed E-state index contributed by atoms with van der Waals surface area (Å²) in [6.07, 6.45) is -0.760. The molecule has 1 aromatic heterocycles. The van der Waals surface area contributed by atoms with Crippen molar-refractivity contribution in [1.29, 1.82) is 0 Å². The van der Waals surface area contributed by atoms with Gasteiger partial charge in [0.15, 0.2) is 0 Å².